The zero-order valence-corrected chi connectivity index (χ0v) is 6.51. The number of nitrogens with one attached hydrogen (secondary N) is 1. The van der Waals surface area contributed by atoms with Crippen molar-refractivity contribution in [2.75, 3.05) is 26.7 Å². The van der Waals surface area contributed by atoms with Crippen molar-refractivity contribution in [1.29, 1.82) is 0 Å². The third kappa shape index (κ3) is 5.75. The Morgan fingerprint density at radius 2 is 2.40 bits per heavy atom. The van der Waals surface area contributed by atoms with Gasteiger partial charge in [0.25, 0.3) is 0 Å². The molecule has 2 N–H and O–H groups in total. The van der Waals surface area contributed by atoms with Gasteiger partial charge in [-0.3, -0.25) is 0 Å². The monoisotopic (exact) mass is 144 g/mol. The first-order valence-corrected chi connectivity index (χ1v) is 3.47. The van der Waals surface area contributed by atoms with Gasteiger partial charge in [0, 0.05) is 13.1 Å². The summed E-state index contributed by atoms with van der Waals surface area (Å²) < 4.78 is 0. The van der Waals surface area contributed by atoms with Gasteiger partial charge in [0.2, 0.25) is 0 Å². The van der Waals surface area contributed by atoms with Crippen LogP contribution in [0.4, 0.5) is 0 Å². The molecule has 0 rings (SSSR count). The molecule has 0 aliphatic rings. The molecule has 3 nitrogen and oxygen atoms in total. The highest BCUT2D eigenvalue weighted by Crippen LogP contribution is 1.84. The van der Waals surface area contributed by atoms with E-state index in [0.29, 0.717) is 6.54 Å². The molecule has 0 aromatic carbocycles. The van der Waals surface area contributed by atoms with Gasteiger partial charge in [-0.05, 0) is 20.0 Å². The lowest BCUT2D eigenvalue weighted by molar-refractivity contribution is 0.161. The molecular formula is C7H16N2O. The molecule has 0 fully saturated rings. The van der Waals surface area contributed by atoms with Crippen LogP contribution < -0.4 is 5.48 Å². The van der Waals surface area contributed by atoms with Gasteiger partial charge in [-0.1, -0.05) is 6.08 Å². The Morgan fingerprint density at radius 1 is 1.70 bits per heavy atom. The average molecular weight is 144 g/mol. The summed E-state index contributed by atoms with van der Waals surface area (Å²) in [4.78, 5) is 2.14. The molecule has 0 saturated carbocycles. The summed E-state index contributed by atoms with van der Waals surface area (Å²) >= 11 is 0. The van der Waals surface area contributed by atoms with Crippen molar-refractivity contribution in [2.45, 2.75) is 6.42 Å². The van der Waals surface area contributed by atoms with Gasteiger partial charge in [0.1, 0.15) is 0 Å². The standard InChI is InChI=1S/C7H16N2O/c1-3-6-9(2)7-4-5-8-10/h3,8,10H,1,4-7H2,2H3. The average Bonchev–Trinajstić information content (AvgIpc) is 1.89. The molecule has 0 atom stereocenters. The SMILES string of the molecule is C=CCN(C)CCCNO. The molecule has 0 aromatic heterocycles. The van der Waals surface area contributed by atoms with Gasteiger partial charge in [-0.25, -0.2) is 5.48 Å². The smallest absolute Gasteiger partial charge is 0.0219 e. The molecule has 10 heavy (non-hydrogen) atoms. The van der Waals surface area contributed by atoms with E-state index >= 15 is 0 Å². The van der Waals surface area contributed by atoms with Crippen LogP contribution in [0.25, 0.3) is 0 Å². The molecular weight excluding hydrogens is 128 g/mol. The van der Waals surface area contributed by atoms with Gasteiger partial charge in [-0.2, -0.15) is 0 Å². The van der Waals surface area contributed by atoms with Gasteiger partial charge in [0.15, 0.2) is 0 Å². The quantitative estimate of drug-likeness (QED) is 0.323. The van der Waals surface area contributed by atoms with Crippen LogP contribution in [0.15, 0.2) is 12.7 Å². The van der Waals surface area contributed by atoms with Crippen LogP contribution >= 0.6 is 0 Å². The Kier molecular flexibility index (Phi) is 6.48. The molecule has 0 aromatic rings. The molecule has 60 valence electrons. The number of hydrogen-bond acceptors (Lipinski definition) is 3. The van der Waals surface area contributed by atoms with E-state index in [1.807, 2.05) is 13.1 Å². The summed E-state index contributed by atoms with van der Waals surface area (Å²) in [6, 6.07) is 0. The van der Waals surface area contributed by atoms with E-state index in [1.165, 1.54) is 0 Å². The van der Waals surface area contributed by atoms with Crippen molar-refractivity contribution in [3.05, 3.63) is 12.7 Å². The van der Waals surface area contributed by atoms with Crippen molar-refractivity contribution in [1.82, 2.24) is 10.4 Å². The Hall–Kier alpha value is -0.380. The minimum atomic E-state index is 0.654. The zero-order valence-electron chi connectivity index (χ0n) is 6.51. The maximum Gasteiger partial charge on any atom is 0.0219 e. The van der Waals surface area contributed by atoms with Crippen LogP contribution in [0, 0.1) is 0 Å². The molecule has 0 aliphatic heterocycles. The van der Waals surface area contributed by atoms with E-state index in [0.717, 1.165) is 19.5 Å². The molecule has 0 amide bonds. The van der Waals surface area contributed by atoms with E-state index in [1.54, 1.807) is 0 Å². The lowest BCUT2D eigenvalue weighted by Crippen LogP contribution is -2.22. The van der Waals surface area contributed by atoms with E-state index < -0.39 is 0 Å². The van der Waals surface area contributed by atoms with Crippen LogP contribution in [0.3, 0.4) is 0 Å². The number of likely N-dealkylation sites (N-methyl/N-ethyl adjacent to an activating group) is 1. The molecule has 0 heterocycles. The first-order chi connectivity index (χ1) is 4.81. The summed E-state index contributed by atoms with van der Waals surface area (Å²) in [5.74, 6) is 0. The number of hydrogen-bond donors (Lipinski definition) is 2. The molecule has 0 radical (unpaired) electrons. The molecule has 0 saturated heterocycles. The number of hydroxylamine groups is 1. The van der Waals surface area contributed by atoms with E-state index in [9.17, 15) is 0 Å². The Balaban J connectivity index is 3.04. The third-order valence-electron chi connectivity index (χ3n) is 1.27. The second kappa shape index (κ2) is 6.74. The van der Waals surface area contributed by atoms with Crippen LogP contribution in [0.5, 0.6) is 0 Å². The van der Waals surface area contributed by atoms with Gasteiger partial charge in [0.05, 0.1) is 0 Å². The highest BCUT2D eigenvalue weighted by Gasteiger charge is 1.92. The van der Waals surface area contributed by atoms with Crippen LogP contribution in [0.2, 0.25) is 0 Å². The Labute approximate surface area is 62.3 Å². The maximum atomic E-state index is 8.22. The number of rotatable bonds is 6. The lowest BCUT2D eigenvalue weighted by atomic mass is 10.4. The fourth-order valence-electron chi connectivity index (χ4n) is 0.740. The molecule has 0 bridgehead atoms. The Bertz CT molecular complexity index is 85.7. The normalized spacial score (nSPS) is 10.3. The van der Waals surface area contributed by atoms with Crippen molar-refractivity contribution in [3.8, 4) is 0 Å². The van der Waals surface area contributed by atoms with Crippen LogP contribution in [0.1, 0.15) is 6.42 Å². The topological polar surface area (TPSA) is 35.5 Å². The molecule has 0 spiro atoms. The van der Waals surface area contributed by atoms with E-state index in [-0.39, 0.29) is 0 Å². The highest BCUT2D eigenvalue weighted by atomic mass is 16.5. The molecule has 0 aliphatic carbocycles. The highest BCUT2D eigenvalue weighted by molar-refractivity contribution is 4.70. The van der Waals surface area contributed by atoms with Crippen LogP contribution in [-0.2, 0) is 0 Å². The maximum absolute atomic E-state index is 8.22. The third-order valence-corrected chi connectivity index (χ3v) is 1.27. The second-order valence-electron chi connectivity index (χ2n) is 2.31. The summed E-state index contributed by atoms with van der Waals surface area (Å²) in [5.41, 5.74) is 2.11. The summed E-state index contributed by atoms with van der Waals surface area (Å²) in [6.45, 7) is 6.17. The van der Waals surface area contributed by atoms with Gasteiger partial charge in [-0.15, -0.1) is 6.58 Å². The number of nitrogens with zero attached hydrogens (tertiary/aromatic N) is 1. The lowest BCUT2D eigenvalue weighted by Gasteiger charge is -2.12. The fourth-order valence-corrected chi connectivity index (χ4v) is 0.740. The molecule has 0 unspecified atom stereocenters. The van der Waals surface area contributed by atoms with E-state index in [4.69, 9.17) is 5.21 Å². The Morgan fingerprint density at radius 3 is 2.90 bits per heavy atom. The second-order valence-corrected chi connectivity index (χ2v) is 2.31. The fraction of sp³-hybridized carbons (Fsp3) is 0.714. The summed E-state index contributed by atoms with van der Waals surface area (Å²) in [5, 5.41) is 8.22. The van der Waals surface area contributed by atoms with Gasteiger partial charge >= 0.3 is 0 Å². The predicted molar refractivity (Wildman–Crippen MR) is 42.1 cm³/mol. The molecule has 3 heteroatoms. The van der Waals surface area contributed by atoms with E-state index in [2.05, 4.69) is 17.0 Å². The van der Waals surface area contributed by atoms with Crippen molar-refractivity contribution in [3.63, 3.8) is 0 Å². The largest absolute Gasteiger partial charge is 0.317 e. The van der Waals surface area contributed by atoms with Crippen molar-refractivity contribution >= 4 is 0 Å². The van der Waals surface area contributed by atoms with Crippen LogP contribution in [-0.4, -0.2) is 36.8 Å². The first kappa shape index (κ1) is 9.62. The predicted octanol–water partition coefficient (Wildman–Crippen LogP) is 0.473. The minimum absolute atomic E-state index is 0.654. The van der Waals surface area contributed by atoms with Crippen molar-refractivity contribution in [2.24, 2.45) is 0 Å². The van der Waals surface area contributed by atoms with Crippen molar-refractivity contribution < 1.29 is 5.21 Å². The summed E-state index contributed by atoms with van der Waals surface area (Å²) in [6.07, 6.45) is 2.83. The first-order valence-electron chi connectivity index (χ1n) is 3.47. The zero-order chi connectivity index (χ0) is 7.82. The van der Waals surface area contributed by atoms with Gasteiger partial charge < -0.3 is 10.1 Å². The summed E-state index contributed by atoms with van der Waals surface area (Å²) in [7, 11) is 2.03. The minimum Gasteiger partial charge on any atom is -0.317 e.